The van der Waals surface area contributed by atoms with Crippen LogP contribution in [0.4, 0.5) is 0 Å². The molecule has 0 aromatic heterocycles. The van der Waals surface area contributed by atoms with Crippen LogP contribution < -0.4 is 4.74 Å². The van der Waals surface area contributed by atoms with Gasteiger partial charge in [0.15, 0.2) is 0 Å². The van der Waals surface area contributed by atoms with Gasteiger partial charge in [0, 0.05) is 11.3 Å². The van der Waals surface area contributed by atoms with Crippen molar-refractivity contribution in [3.05, 3.63) is 65.7 Å². The Morgan fingerprint density at radius 1 is 1.14 bits per heavy atom. The molecule has 5 nitrogen and oxygen atoms in total. The quantitative estimate of drug-likeness (QED) is 0.683. The van der Waals surface area contributed by atoms with Crippen molar-refractivity contribution in [3.63, 3.8) is 0 Å². The van der Waals surface area contributed by atoms with E-state index in [2.05, 4.69) is 0 Å². The number of ether oxygens (including phenoxy) is 2. The summed E-state index contributed by atoms with van der Waals surface area (Å²) in [7, 11) is 1.56. The third-order valence-electron chi connectivity index (χ3n) is 4.47. The van der Waals surface area contributed by atoms with Crippen molar-refractivity contribution in [3.8, 4) is 5.75 Å². The number of carbonyl (C=O) groups is 2. The number of hydrogen-bond acceptors (Lipinski definition) is 5. The van der Waals surface area contributed by atoms with Gasteiger partial charge in [-0.2, -0.15) is 0 Å². The average Bonchev–Trinajstić information content (AvgIpc) is 3.17. The van der Waals surface area contributed by atoms with E-state index in [1.807, 2.05) is 44.2 Å². The van der Waals surface area contributed by atoms with Crippen LogP contribution in [0.5, 0.6) is 5.75 Å². The third-order valence-corrected chi connectivity index (χ3v) is 5.79. The van der Waals surface area contributed by atoms with Gasteiger partial charge in [0.05, 0.1) is 13.7 Å². The maximum absolute atomic E-state index is 13.4. The Labute approximate surface area is 170 Å². The second-order valence-electron chi connectivity index (χ2n) is 7.08. The number of hydrogen-bond donors (Lipinski definition) is 0. The van der Waals surface area contributed by atoms with Crippen molar-refractivity contribution in [2.45, 2.75) is 25.3 Å². The van der Waals surface area contributed by atoms with Gasteiger partial charge in [0.25, 0.3) is 5.91 Å². The van der Waals surface area contributed by atoms with E-state index >= 15 is 0 Å². The van der Waals surface area contributed by atoms with Crippen LogP contribution in [0.15, 0.2) is 54.6 Å². The van der Waals surface area contributed by atoms with E-state index < -0.39 is 6.04 Å². The van der Waals surface area contributed by atoms with E-state index in [1.165, 1.54) is 0 Å². The molecule has 2 atom stereocenters. The zero-order valence-corrected chi connectivity index (χ0v) is 17.1. The Hall–Kier alpha value is -2.47. The van der Waals surface area contributed by atoms with Crippen molar-refractivity contribution in [2.24, 2.45) is 5.92 Å². The van der Waals surface area contributed by atoms with Gasteiger partial charge in [-0.05, 0) is 29.7 Å². The van der Waals surface area contributed by atoms with Crippen molar-refractivity contribution >= 4 is 23.6 Å². The van der Waals surface area contributed by atoms with Crippen molar-refractivity contribution < 1.29 is 19.1 Å². The van der Waals surface area contributed by atoms with Gasteiger partial charge < -0.3 is 14.4 Å². The van der Waals surface area contributed by atoms with Gasteiger partial charge in [0.1, 0.15) is 17.2 Å². The number of carbonyl (C=O) groups excluding carboxylic acids is 2. The van der Waals surface area contributed by atoms with Gasteiger partial charge in [-0.1, -0.05) is 50.2 Å². The van der Waals surface area contributed by atoms with E-state index in [0.717, 1.165) is 5.56 Å². The number of amides is 1. The van der Waals surface area contributed by atoms with Crippen LogP contribution in [-0.2, 0) is 9.53 Å². The summed E-state index contributed by atoms with van der Waals surface area (Å²) in [5.74, 6) is 0.796. The molecule has 0 aliphatic carbocycles. The molecule has 148 valence electrons. The minimum absolute atomic E-state index is 0.204. The maximum Gasteiger partial charge on any atom is 0.329 e. The first-order valence-electron chi connectivity index (χ1n) is 9.31. The summed E-state index contributed by atoms with van der Waals surface area (Å²) < 4.78 is 10.7. The SMILES string of the molecule is COc1cccc(C(=O)N2C(C(=O)OCC(C)C)CSC2c2ccccc2)c1. The molecule has 0 N–H and O–H groups in total. The molecule has 1 amide bonds. The van der Waals surface area contributed by atoms with Crippen LogP contribution in [0.3, 0.4) is 0 Å². The summed E-state index contributed by atoms with van der Waals surface area (Å²) in [5.41, 5.74) is 1.48. The lowest BCUT2D eigenvalue weighted by molar-refractivity contribution is -0.149. The predicted octanol–water partition coefficient (Wildman–Crippen LogP) is 4.15. The summed E-state index contributed by atoms with van der Waals surface area (Å²) in [5, 5.41) is -0.239. The summed E-state index contributed by atoms with van der Waals surface area (Å²) in [6, 6.07) is 16.2. The van der Waals surface area contributed by atoms with Crippen LogP contribution in [0.25, 0.3) is 0 Å². The van der Waals surface area contributed by atoms with Gasteiger partial charge in [-0.3, -0.25) is 4.79 Å². The monoisotopic (exact) mass is 399 g/mol. The van der Waals surface area contributed by atoms with E-state index in [4.69, 9.17) is 9.47 Å². The number of rotatable bonds is 6. The summed E-state index contributed by atoms with van der Waals surface area (Å²) in [6.45, 7) is 4.32. The Bertz CT molecular complexity index is 824. The lowest BCUT2D eigenvalue weighted by atomic mass is 10.1. The molecule has 3 rings (SSSR count). The number of methoxy groups -OCH3 is 1. The Morgan fingerprint density at radius 2 is 1.89 bits per heavy atom. The first-order valence-corrected chi connectivity index (χ1v) is 10.4. The maximum atomic E-state index is 13.4. The minimum Gasteiger partial charge on any atom is -0.497 e. The zero-order valence-electron chi connectivity index (χ0n) is 16.3. The van der Waals surface area contributed by atoms with E-state index in [9.17, 15) is 9.59 Å². The van der Waals surface area contributed by atoms with Gasteiger partial charge >= 0.3 is 5.97 Å². The van der Waals surface area contributed by atoms with E-state index in [1.54, 1.807) is 48.0 Å². The normalized spacial score (nSPS) is 18.9. The minimum atomic E-state index is -0.618. The second-order valence-corrected chi connectivity index (χ2v) is 8.19. The fourth-order valence-corrected chi connectivity index (χ4v) is 4.47. The molecule has 1 aliphatic rings. The lowest BCUT2D eigenvalue weighted by Gasteiger charge is -2.29. The Balaban J connectivity index is 1.92. The molecule has 1 aliphatic heterocycles. The highest BCUT2D eigenvalue weighted by Crippen LogP contribution is 2.42. The fraction of sp³-hybridized carbons (Fsp3) is 0.364. The number of benzene rings is 2. The Kier molecular flexibility index (Phi) is 6.62. The predicted molar refractivity (Wildman–Crippen MR) is 110 cm³/mol. The molecule has 1 saturated heterocycles. The van der Waals surface area contributed by atoms with Crippen LogP contribution in [0.1, 0.15) is 35.1 Å². The number of thioether (sulfide) groups is 1. The largest absolute Gasteiger partial charge is 0.497 e. The number of esters is 1. The Morgan fingerprint density at radius 3 is 2.57 bits per heavy atom. The molecule has 0 bridgehead atoms. The molecular weight excluding hydrogens is 374 g/mol. The topological polar surface area (TPSA) is 55.8 Å². The molecule has 6 heteroatoms. The number of nitrogens with zero attached hydrogens (tertiary/aromatic N) is 1. The van der Waals surface area contributed by atoms with Gasteiger partial charge in [0.2, 0.25) is 0 Å². The highest BCUT2D eigenvalue weighted by molar-refractivity contribution is 7.99. The smallest absolute Gasteiger partial charge is 0.329 e. The van der Waals surface area contributed by atoms with Gasteiger partial charge in [-0.25, -0.2) is 4.79 Å². The van der Waals surface area contributed by atoms with Gasteiger partial charge in [-0.15, -0.1) is 11.8 Å². The van der Waals surface area contributed by atoms with Crippen LogP contribution in [-0.4, -0.2) is 42.3 Å². The highest BCUT2D eigenvalue weighted by Gasteiger charge is 2.43. The van der Waals surface area contributed by atoms with Crippen molar-refractivity contribution in [1.82, 2.24) is 4.90 Å². The second kappa shape index (κ2) is 9.15. The molecule has 1 heterocycles. The molecule has 1 fully saturated rings. The van der Waals surface area contributed by atoms with Crippen molar-refractivity contribution in [1.29, 1.82) is 0 Å². The van der Waals surface area contributed by atoms with E-state index in [-0.39, 0.29) is 23.2 Å². The standard InChI is InChI=1S/C22H25NO4S/c1-15(2)13-27-22(25)19-14-28-21(16-8-5-4-6-9-16)23(19)20(24)17-10-7-11-18(12-17)26-3/h4-12,15,19,21H,13-14H2,1-3H3. The molecule has 2 unspecified atom stereocenters. The van der Waals surface area contributed by atoms with Crippen LogP contribution in [0, 0.1) is 5.92 Å². The van der Waals surface area contributed by atoms with Crippen LogP contribution >= 0.6 is 11.8 Å². The lowest BCUT2D eigenvalue weighted by Crippen LogP contribution is -2.44. The van der Waals surface area contributed by atoms with Crippen LogP contribution in [0.2, 0.25) is 0 Å². The average molecular weight is 400 g/mol. The molecule has 2 aromatic carbocycles. The molecule has 2 aromatic rings. The molecule has 0 saturated carbocycles. The first-order chi connectivity index (χ1) is 13.5. The zero-order chi connectivity index (χ0) is 20.1. The third kappa shape index (κ3) is 4.50. The highest BCUT2D eigenvalue weighted by atomic mass is 32.2. The fourth-order valence-electron chi connectivity index (χ4n) is 3.06. The van der Waals surface area contributed by atoms with Crippen molar-refractivity contribution in [2.75, 3.05) is 19.5 Å². The summed E-state index contributed by atoms with van der Waals surface area (Å²) in [4.78, 5) is 27.8. The summed E-state index contributed by atoms with van der Waals surface area (Å²) in [6.07, 6.45) is 0. The molecule has 0 radical (unpaired) electrons. The van der Waals surface area contributed by atoms with E-state index in [0.29, 0.717) is 23.7 Å². The molecular formula is C22H25NO4S. The molecule has 0 spiro atoms. The first kappa shape index (κ1) is 20.3. The molecule has 28 heavy (non-hydrogen) atoms. The summed E-state index contributed by atoms with van der Waals surface area (Å²) >= 11 is 1.58.